The minimum absolute atomic E-state index is 0.210. The maximum atomic E-state index is 11.7. The molecule has 10 heteroatoms. The molecule has 0 aliphatic carbocycles. The fraction of sp³-hybridized carbons (Fsp3) is 0.429. The van der Waals surface area contributed by atoms with Gasteiger partial charge in [-0.25, -0.2) is 19.2 Å². The van der Waals surface area contributed by atoms with Gasteiger partial charge in [0.25, 0.3) is 0 Å². The summed E-state index contributed by atoms with van der Waals surface area (Å²) in [4.78, 5) is 46.4. The van der Waals surface area contributed by atoms with E-state index in [-0.39, 0.29) is 13.2 Å². The van der Waals surface area contributed by atoms with E-state index in [1.54, 1.807) is 0 Å². The van der Waals surface area contributed by atoms with Crippen molar-refractivity contribution in [2.45, 2.75) is 12.2 Å². The third-order valence-corrected chi connectivity index (χ3v) is 2.23. The Labute approximate surface area is 137 Å². The Morgan fingerprint density at radius 2 is 1.12 bits per heavy atom. The first kappa shape index (κ1) is 21.0. The van der Waals surface area contributed by atoms with Crippen LogP contribution in [0.15, 0.2) is 25.3 Å². The largest absolute Gasteiger partial charge is 0.509 e. The van der Waals surface area contributed by atoms with Crippen LogP contribution in [0.4, 0.5) is 9.59 Å². The van der Waals surface area contributed by atoms with E-state index in [1.165, 1.54) is 12.2 Å². The van der Waals surface area contributed by atoms with Gasteiger partial charge >= 0.3 is 24.2 Å². The summed E-state index contributed by atoms with van der Waals surface area (Å²) < 4.78 is 27.2. The van der Waals surface area contributed by atoms with E-state index < -0.39 is 36.5 Å². The molecule has 0 spiro atoms. The number of hydrogen-bond donors (Lipinski definition) is 0. The zero-order chi connectivity index (χ0) is 18.5. The monoisotopic (exact) mass is 346 g/mol. The van der Waals surface area contributed by atoms with E-state index in [4.69, 9.17) is 0 Å². The number of carbonyl (C=O) groups excluding carboxylic acids is 4. The molecule has 134 valence electrons. The molecule has 0 aliphatic heterocycles. The van der Waals surface area contributed by atoms with Crippen LogP contribution in [-0.2, 0) is 38.0 Å². The standard InChI is InChI=1S/C14H18O10/c1-5-7-21-13(17)23-9(11(15)19-3)10(12(16)20-4)24-14(18)22-8-6-2/h5-6,9-10H,1-2,7-8H2,3-4H3. The van der Waals surface area contributed by atoms with E-state index in [0.717, 1.165) is 14.2 Å². The van der Waals surface area contributed by atoms with Crippen molar-refractivity contribution in [1.29, 1.82) is 0 Å². The van der Waals surface area contributed by atoms with Gasteiger partial charge in [-0.2, -0.15) is 0 Å². The maximum absolute atomic E-state index is 11.7. The highest BCUT2D eigenvalue weighted by Gasteiger charge is 2.43. The highest BCUT2D eigenvalue weighted by molar-refractivity contribution is 5.88. The Balaban J connectivity index is 5.25. The maximum Gasteiger partial charge on any atom is 0.509 e. The van der Waals surface area contributed by atoms with Crippen LogP contribution < -0.4 is 0 Å². The molecule has 0 saturated carbocycles. The van der Waals surface area contributed by atoms with Gasteiger partial charge in [0.1, 0.15) is 13.2 Å². The average Bonchev–Trinajstić information content (AvgIpc) is 2.59. The van der Waals surface area contributed by atoms with Crippen molar-refractivity contribution in [3.05, 3.63) is 25.3 Å². The second-order valence-corrected chi connectivity index (χ2v) is 3.82. The van der Waals surface area contributed by atoms with Crippen LogP contribution in [0, 0.1) is 0 Å². The lowest BCUT2D eigenvalue weighted by molar-refractivity contribution is -0.173. The molecule has 2 atom stereocenters. The first-order valence-corrected chi connectivity index (χ1v) is 6.45. The first-order chi connectivity index (χ1) is 11.4. The molecule has 0 saturated heterocycles. The molecule has 0 aliphatic rings. The summed E-state index contributed by atoms with van der Waals surface area (Å²) in [5, 5.41) is 0. The Hall–Kier alpha value is -3.04. The fourth-order valence-electron chi connectivity index (χ4n) is 1.23. The molecule has 10 nitrogen and oxygen atoms in total. The topological polar surface area (TPSA) is 124 Å². The van der Waals surface area contributed by atoms with Gasteiger partial charge in [0, 0.05) is 0 Å². The van der Waals surface area contributed by atoms with Crippen LogP contribution >= 0.6 is 0 Å². The Morgan fingerprint density at radius 1 is 0.792 bits per heavy atom. The third kappa shape index (κ3) is 7.29. The molecular weight excluding hydrogens is 328 g/mol. The van der Waals surface area contributed by atoms with Crippen molar-refractivity contribution in [3.63, 3.8) is 0 Å². The SMILES string of the molecule is C=CCOC(=O)OC(C(=O)OC)C(OC(=O)OCC=C)C(=O)OC. The number of methoxy groups -OCH3 is 2. The van der Waals surface area contributed by atoms with Crippen LogP contribution in [0.2, 0.25) is 0 Å². The molecule has 0 rings (SSSR count). The molecule has 0 aromatic rings. The fourth-order valence-corrected chi connectivity index (χ4v) is 1.23. The molecule has 0 radical (unpaired) electrons. The highest BCUT2D eigenvalue weighted by atomic mass is 16.8. The van der Waals surface area contributed by atoms with Gasteiger partial charge in [-0.05, 0) is 0 Å². The van der Waals surface area contributed by atoms with Gasteiger partial charge in [-0.1, -0.05) is 25.3 Å². The van der Waals surface area contributed by atoms with E-state index in [1.807, 2.05) is 0 Å². The van der Waals surface area contributed by atoms with Gasteiger partial charge in [0.2, 0.25) is 12.2 Å². The number of esters is 2. The second-order valence-electron chi connectivity index (χ2n) is 3.82. The van der Waals surface area contributed by atoms with Crippen LogP contribution in [-0.4, -0.2) is 63.9 Å². The summed E-state index contributed by atoms with van der Waals surface area (Å²) >= 11 is 0. The summed E-state index contributed by atoms with van der Waals surface area (Å²) in [5.74, 6) is -2.37. The molecule has 0 bridgehead atoms. The van der Waals surface area contributed by atoms with Gasteiger partial charge in [-0.15, -0.1) is 0 Å². The van der Waals surface area contributed by atoms with Crippen molar-refractivity contribution >= 4 is 24.2 Å². The van der Waals surface area contributed by atoms with Gasteiger partial charge in [0.15, 0.2) is 0 Å². The van der Waals surface area contributed by atoms with Crippen LogP contribution in [0.3, 0.4) is 0 Å². The predicted octanol–water partition coefficient (Wildman–Crippen LogP) is 0.748. The Kier molecular flexibility index (Phi) is 10.1. The normalized spacial score (nSPS) is 11.9. The minimum atomic E-state index is -1.96. The van der Waals surface area contributed by atoms with Gasteiger partial charge in [0.05, 0.1) is 14.2 Å². The lowest BCUT2D eigenvalue weighted by Crippen LogP contribution is -2.47. The number of hydrogen-bond acceptors (Lipinski definition) is 10. The van der Waals surface area contributed by atoms with Crippen molar-refractivity contribution in [3.8, 4) is 0 Å². The Bertz CT molecular complexity index is 440. The quantitative estimate of drug-likeness (QED) is 0.335. The van der Waals surface area contributed by atoms with Crippen LogP contribution in [0.5, 0.6) is 0 Å². The van der Waals surface area contributed by atoms with E-state index in [0.29, 0.717) is 0 Å². The summed E-state index contributed by atoms with van der Waals surface area (Å²) in [6, 6.07) is 0. The Morgan fingerprint density at radius 3 is 1.38 bits per heavy atom. The van der Waals surface area contributed by atoms with E-state index in [2.05, 4.69) is 41.6 Å². The molecule has 24 heavy (non-hydrogen) atoms. The summed E-state index contributed by atoms with van der Waals surface area (Å²) in [5.41, 5.74) is 0. The third-order valence-electron chi connectivity index (χ3n) is 2.23. The smallest absolute Gasteiger partial charge is 0.466 e. The van der Waals surface area contributed by atoms with Crippen molar-refractivity contribution in [1.82, 2.24) is 0 Å². The second kappa shape index (κ2) is 11.5. The number of carbonyl (C=O) groups is 4. The molecule has 0 aromatic carbocycles. The van der Waals surface area contributed by atoms with Crippen molar-refractivity contribution < 1.29 is 47.6 Å². The molecule has 0 fully saturated rings. The molecule has 0 amide bonds. The predicted molar refractivity (Wildman–Crippen MR) is 76.9 cm³/mol. The van der Waals surface area contributed by atoms with E-state index >= 15 is 0 Å². The summed E-state index contributed by atoms with van der Waals surface area (Å²) in [6.07, 6.45) is -4.07. The minimum Gasteiger partial charge on any atom is -0.466 e. The highest BCUT2D eigenvalue weighted by Crippen LogP contribution is 2.11. The van der Waals surface area contributed by atoms with Gasteiger partial charge < -0.3 is 28.4 Å². The number of ether oxygens (including phenoxy) is 6. The van der Waals surface area contributed by atoms with Gasteiger partial charge in [-0.3, -0.25) is 0 Å². The van der Waals surface area contributed by atoms with Crippen LogP contribution in [0.25, 0.3) is 0 Å². The van der Waals surface area contributed by atoms with E-state index in [9.17, 15) is 19.2 Å². The van der Waals surface area contributed by atoms with Crippen molar-refractivity contribution in [2.24, 2.45) is 0 Å². The average molecular weight is 346 g/mol. The molecule has 0 aromatic heterocycles. The lowest BCUT2D eigenvalue weighted by Gasteiger charge is -2.22. The first-order valence-electron chi connectivity index (χ1n) is 6.45. The summed E-state index contributed by atoms with van der Waals surface area (Å²) in [7, 11) is 1.94. The van der Waals surface area contributed by atoms with Crippen molar-refractivity contribution in [2.75, 3.05) is 27.4 Å². The van der Waals surface area contributed by atoms with Crippen LogP contribution in [0.1, 0.15) is 0 Å². The molecule has 0 heterocycles. The molecule has 0 N–H and O–H groups in total. The zero-order valence-corrected chi connectivity index (χ0v) is 13.2. The lowest BCUT2D eigenvalue weighted by atomic mass is 10.2. The molecule has 2 unspecified atom stereocenters. The zero-order valence-electron chi connectivity index (χ0n) is 13.2. The summed E-state index contributed by atoms with van der Waals surface area (Å²) in [6.45, 7) is 6.21. The number of rotatable bonds is 9. The molecular formula is C14H18O10.